The molecule has 5 heteroatoms. The quantitative estimate of drug-likeness (QED) is 0.689. The second kappa shape index (κ2) is 6.05. The van der Waals surface area contributed by atoms with Gasteiger partial charge in [-0.3, -0.25) is 0 Å². The minimum atomic E-state index is -0.575. The van der Waals surface area contributed by atoms with Crippen LogP contribution in [0.4, 0.5) is 14.5 Å². The first-order valence-corrected chi connectivity index (χ1v) is 7.09. The molecule has 0 fully saturated rings. The number of hydrogen-bond donors (Lipinski definition) is 1. The Bertz CT molecular complexity index is 584. The van der Waals surface area contributed by atoms with Gasteiger partial charge in [0, 0.05) is 26.4 Å². The number of rotatable bonds is 3. The second-order valence-corrected chi connectivity index (χ2v) is 5.79. The van der Waals surface area contributed by atoms with Gasteiger partial charge in [-0.1, -0.05) is 11.6 Å². The summed E-state index contributed by atoms with van der Waals surface area (Å²) < 4.78 is 27.3. The van der Waals surface area contributed by atoms with Crippen molar-refractivity contribution in [3.63, 3.8) is 0 Å². The molecule has 2 aromatic rings. The molecule has 2 aromatic carbocycles. The minimum Gasteiger partial charge on any atom is -0.378 e. The SMILES string of the molecule is CC(Nc1ccc(Cl)cc1I)c1cc(F)cc(F)c1. The van der Waals surface area contributed by atoms with Crippen LogP contribution in [-0.2, 0) is 0 Å². The van der Waals surface area contributed by atoms with Crippen molar-refractivity contribution in [3.8, 4) is 0 Å². The van der Waals surface area contributed by atoms with E-state index in [1.165, 1.54) is 12.1 Å². The maximum absolute atomic E-state index is 13.2. The van der Waals surface area contributed by atoms with E-state index in [-0.39, 0.29) is 6.04 Å². The molecule has 0 aliphatic carbocycles. The van der Waals surface area contributed by atoms with Crippen molar-refractivity contribution in [3.05, 3.63) is 62.2 Å². The standard InChI is InChI=1S/C14H11ClF2IN/c1-8(9-4-11(16)7-12(17)5-9)19-14-3-2-10(15)6-13(14)18/h2-8,19H,1H3. The normalized spacial score (nSPS) is 12.3. The van der Waals surface area contributed by atoms with Gasteiger partial charge < -0.3 is 5.32 Å². The van der Waals surface area contributed by atoms with Gasteiger partial charge in [0.15, 0.2) is 0 Å². The van der Waals surface area contributed by atoms with Gasteiger partial charge in [-0.2, -0.15) is 0 Å². The highest BCUT2D eigenvalue weighted by Crippen LogP contribution is 2.26. The van der Waals surface area contributed by atoms with E-state index in [0.717, 1.165) is 15.3 Å². The van der Waals surface area contributed by atoms with E-state index < -0.39 is 11.6 Å². The number of nitrogens with one attached hydrogen (secondary N) is 1. The fourth-order valence-electron chi connectivity index (χ4n) is 1.75. The Labute approximate surface area is 129 Å². The van der Waals surface area contributed by atoms with Crippen molar-refractivity contribution in [2.24, 2.45) is 0 Å². The van der Waals surface area contributed by atoms with Crippen molar-refractivity contribution in [1.82, 2.24) is 0 Å². The van der Waals surface area contributed by atoms with E-state index >= 15 is 0 Å². The molecule has 0 aromatic heterocycles. The summed E-state index contributed by atoms with van der Waals surface area (Å²) in [6.07, 6.45) is 0. The Morgan fingerprint density at radius 3 is 2.32 bits per heavy atom. The van der Waals surface area contributed by atoms with Gasteiger partial charge in [-0.15, -0.1) is 0 Å². The Kier molecular flexibility index (Phi) is 4.62. The molecule has 0 amide bonds. The highest BCUT2D eigenvalue weighted by atomic mass is 127. The molecule has 0 aliphatic heterocycles. The van der Waals surface area contributed by atoms with Crippen LogP contribution in [-0.4, -0.2) is 0 Å². The zero-order valence-corrected chi connectivity index (χ0v) is 13.0. The summed E-state index contributed by atoms with van der Waals surface area (Å²) in [5.74, 6) is -1.15. The Hall–Kier alpha value is -0.880. The summed E-state index contributed by atoms with van der Waals surface area (Å²) in [5, 5.41) is 3.86. The van der Waals surface area contributed by atoms with Gasteiger partial charge in [0.25, 0.3) is 0 Å². The van der Waals surface area contributed by atoms with E-state index in [9.17, 15) is 8.78 Å². The van der Waals surface area contributed by atoms with Crippen LogP contribution in [0.25, 0.3) is 0 Å². The molecular formula is C14H11ClF2IN. The molecule has 1 N–H and O–H groups in total. The molecule has 0 heterocycles. The predicted molar refractivity (Wildman–Crippen MR) is 82.6 cm³/mol. The Morgan fingerprint density at radius 1 is 1.11 bits per heavy atom. The fourth-order valence-corrected chi connectivity index (χ4v) is 2.78. The van der Waals surface area contributed by atoms with Crippen LogP contribution in [0.1, 0.15) is 18.5 Å². The average molecular weight is 394 g/mol. The second-order valence-electron chi connectivity index (χ2n) is 4.19. The number of hydrogen-bond acceptors (Lipinski definition) is 1. The van der Waals surface area contributed by atoms with Gasteiger partial charge in [-0.25, -0.2) is 8.78 Å². The first-order chi connectivity index (χ1) is 8.95. The van der Waals surface area contributed by atoms with E-state index in [0.29, 0.717) is 10.6 Å². The van der Waals surface area contributed by atoms with Crippen molar-refractivity contribution in [2.75, 3.05) is 5.32 Å². The molecule has 0 radical (unpaired) electrons. The van der Waals surface area contributed by atoms with E-state index in [4.69, 9.17) is 11.6 Å². The third kappa shape index (κ3) is 3.79. The third-order valence-corrected chi connectivity index (χ3v) is 3.82. The van der Waals surface area contributed by atoms with Gasteiger partial charge in [0.2, 0.25) is 0 Å². The topological polar surface area (TPSA) is 12.0 Å². The van der Waals surface area contributed by atoms with Crippen molar-refractivity contribution in [1.29, 1.82) is 0 Å². The molecule has 0 saturated carbocycles. The van der Waals surface area contributed by atoms with E-state index in [1.807, 2.05) is 19.1 Å². The van der Waals surface area contributed by atoms with Crippen LogP contribution in [0.5, 0.6) is 0 Å². The lowest BCUT2D eigenvalue weighted by atomic mass is 10.1. The molecule has 19 heavy (non-hydrogen) atoms. The summed E-state index contributed by atoms with van der Waals surface area (Å²) in [6.45, 7) is 1.85. The maximum Gasteiger partial charge on any atom is 0.126 e. The third-order valence-electron chi connectivity index (χ3n) is 2.69. The zero-order chi connectivity index (χ0) is 14.0. The first-order valence-electron chi connectivity index (χ1n) is 5.63. The smallest absolute Gasteiger partial charge is 0.126 e. The summed E-state index contributed by atoms with van der Waals surface area (Å²) in [6, 6.07) is 8.74. The average Bonchev–Trinajstić information content (AvgIpc) is 2.31. The van der Waals surface area contributed by atoms with E-state index in [1.54, 1.807) is 6.07 Å². The number of benzene rings is 2. The van der Waals surface area contributed by atoms with Crippen LogP contribution >= 0.6 is 34.2 Å². The Balaban J connectivity index is 2.22. The fraction of sp³-hybridized carbons (Fsp3) is 0.143. The van der Waals surface area contributed by atoms with Crippen LogP contribution in [0.3, 0.4) is 0 Å². The highest BCUT2D eigenvalue weighted by Gasteiger charge is 2.10. The zero-order valence-electron chi connectivity index (χ0n) is 10.1. The molecule has 1 nitrogen and oxygen atoms in total. The van der Waals surface area contributed by atoms with Gasteiger partial charge >= 0.3 is 0 Å². The van der Waals surface area contributed by atoms with Crippen molar-refractivity contribution < 1.29 is 8.78 Å². The number of halogens is 4. The summed E-state index contributed by atoms with van der Waals surface area (Å²) in [7, 11) is 0. The molecule has 0 saturated heterocycles. The molecule has 1 unspecified atom stereocenters. The van der Waals surface area contributed by atoms with Crippen LogP contribution in [0.15, 0.2) is 36.4 Å². The van der Waals surface area contributed by atoms with Crippen LogP contribution in [0, 0.1) is 15.2 Å². The maximum atomic E-state index is 13.2. The minimum absolute atomic E-state index is 0.208. The lowest BCUT2D eigenvalue weighted by Gasteiger charge is -2.17. The lowest BCUT2D eigenvalue weighted by molar-refractivity contribution is 0.577. The number of anilines is 1. The molecule has 2 rings (SSSR count). The summed E-state index contributed by atoms with van der Waals surface area (Å²) in [5.41, 5.74) is 1.44. The van der Waals surface area contributed by atoms with Crippen LogP contribution in [0.2, 0.25) is 5.02 Å². The Morgan fingerprint density at radius 2 is 1.74 bits per heavy atom. The highest BCUT2D eigenvalue weighted by molar-refractivity contribution is 14.1. The van der Waals surface area contributed by atoms with E-state index in [2.05, 4.69) is 27.9 Å². The largest absolute Gasteiger partial charge is 0.378 e. The van der Waals surface area contributed by atoms with Crippen LogP contribution < -0.4 is 5.32 Å². The van der Waals surface area contributed by atoms with Crippen molar-refractivity contribution >= 4 is 39.9 Å². The summed E-state index contributed by atoms with van der Waals surface area (Å²) in [4.78, 5) is 0. The van der Waals surface area contributed by atoms with Crippen molar-refractivity contribution in [2.45, 2.75) is 13.0 Å². The molecule has 0 aliphatic rings. The van der Waals surface area contributed by atoms with Gasteiger partial charge in [0.1, 0.15) is 11.6 Å². The first kappa shape index (κ1) is 14.5. The lowest BCUT2D eigenvalue weighted by Crippen LogP contribution is -2.08. The molecule has 100 valence electrons. The molecule has 0 bridgehead atoms. The van der Waals surface area contributed by atoms with Gasteiger partial charge in [0.05, 0.1) is 0 Å². The molecule has 0 spiro atoms. The molecule has 1 atom stereocenters. The summed E-state index contributed by atoms with van der Waals surface area (Å²) >= 11 is 8.04. The van der Waals surface area contributed by atoms with Gasteiger partial charge in [-0.05, 0) is 65.4 Å². The molecular weight excluding hydrogens is 383 g/mol. The monoisotopic (exact) mass is 393 g/mol. The predicted octanol–water partition coefficient (Wildman–Crippen LogP) is 5.40.